The lowest BCUT2D eigenvalue weighted by Gasteiger charge is -2.38. The summed E-state index contributed by atoms with van der Waals surface area (Å²) >= 11 is 0. The Bertz CT molecular complexity index is 2030. The van der Waals surface area contributed by atoms with E-state index >= 15 is 0 Å². The van der Waals surface area contributed by atoms with Crippen LogP contribution in [0, 0.1) is 11.8 Å². The Morgan fingerprint density at radius 2 is 1.63 bits per heavy atom. The Kier molecular flexibility index (Phi) is 12.0. The predicted molar refractivity (Wildman–Crippen MR) is 223 cm³/mol. The number of Topliss-reactive ketones (excluding diaryl/α,β-unsaturated/α-hetero) is 1. The van der Waals surface area contributed by atoms with E-state index < -0.39 is 11.8 Å². The van der Waals surface area contributed by atoms with Crippen LogP contribution in [-0.4, -0.2) is 131 Å². The topological polar surface area (TPSA) is 190 Å². The Hall–Kier alpha value is -5.64. The number of ketones is 1. The van der Waals surface area contributed by atoms with Gasteiger partial charge in [0.15, 0.2) is 17.3 Å². The smallest absolute Gasteiger partial charge is 0.320 e. The Morgan fingerprint density at radius 3 is 2.31 bits per heavy atom. The number of aromatic nitrogens is 3. The van der Waals surface area contributed by atoms with Gasteiger partial charge in [-0.1, -0.05) is 12.1 Å². The number of carbonyl (C=O) groups excluding carboxylic acids is 5. The molecule has 16 heteroatoms. The van der Waals surface area contributed by atoms with Gasteiger partial charge in [-0.15, -0.1) is 0 Å². The minimum Gasteiger partial charge on any atom is -0.370 e. The maximum Gasteiger partial charge on any atom is 0.320 e. The normalized spacial score (nSPS) is 22.5. The van der Waals surface area contributed by atoms with E-state index in [0.717, 1.165) is 102 Å². The molecule has 4 N–H and O–H groups in total. The Morgan fingerprint density at radius 1 is 0.847 bits per heavy atom. The molecule has 312 valence electrons. The summed E-state index contributed by atoms with van der Waals surface area (Å²) in [6.45, 7) is 8.03. The van der Waals surface area contributed by atoms with Crippen molar-refractivity contribution < 1.29 is 24.0 Å². The van der Waals surface area contributed by atoms with Gasteiger partial charge in [0, 0.05) is 77.3 Å². The number of nitrogens with one attached hydrogen (secondary N) is 2. The van der Waals surface area contributed by atoms with Crippen molar-refractivity contribution in [1.29, 1.82) is 0 Å². The number of pyridine rings is 1. The number of imide groups is 1. The summed E-state index contributed by atoms with van der Waals surface area (Å²) in [5.74, 6) is 0.134. The zero-order chi connectivity index (χ0) is 41.0. The second-order valence-corrected chi connectivity index (χ2v) is 16.9. The minimum absolute atomic E-state index is 0.0638. The van der Waals surface area contributed by atoms with E-state index in [-0.39, 0.29) is 48.2 Å². The number of hydrogen-bond donors (Lipinski definition) is 3. The average Bonchev–Trinajstić information content (AvgIpc) is 3.59. The van der Waals surface area contributed by atoms with Gasteiger partial charge in [0.2, 0.25) is 11.8 Å². The number of anilines is 4. The number of carbonyl (C=O) groups is 5. The van der Waals surface area contributed by atoms with Crippen LogP contribution in [0.25, 0.3) is 0 Å². The number of rotatable bonds is 12. The van der Waals surface area contributed by atoms with Gasteiger partial charge in [-0.3, -0.25) is 29.5 Å². The van der Waals surface area contributed by atoms with Crippen LogP contribution >= 0.6 is 0 Å². The first kappa shape index (κ1) is 40.2. The van der Waals surface area contributed by atoms with E-state index in [0.29, 0.717) is 42.1 Å². The highest BCUT2D eigenvalue weighted by atomic mass is 16.2. The molecule has 0 bridgehead atoms. The monoisotopic (exact) mass is 805 g/mol. The van der Waals surface area contributed by atoms with Crippen molar-refractivity contribution in [2.45, 2.75) is 69.7 Å². The van der Waals surface area contributed by atoms with Crippen molar-refractivity contribution in [1.82, 2.24) is 35.0 Å². The second kappa shape index (κ2) is 17.7. The number of likely N-dealkylation sites (tertiary alicyclic amines) is 1. The van der Waals surface area contributed by atoms with Gasteiger partial charge in [0.1, 0.15) is 11.5 Å². The van der Waals surface area contributed by atoms with Crippen molar-refractivity contribution in [3.8, 4) is 0 Å². The number of likely N-dealkylation sites (N-methyl/N-ethyl adjacent to an activating group) is 1. The second-order valence-electron chi connectivity index (χ2n) is 16.9. The van der Waals surface area contributed by atoms with Gasteiger partial charge >= 0.3 is 6.03 Å². The van der Waals surface area contributed by atoms with Gasteiger partial charge in [-0.25, -0.2) is 14.8 Å². The lowest BCUT2D eigenvalue weighted by Crippen LogP contribution is -2.49. The first-order chi connectivity index (χ1) is 28.6. The molecule has 2 aromatic heterocycles. The quantitative estimate of drug-likeness (QED) is 0.178. The lowest BCUT2D eigenvalue weighted by molar-refractivity contribution is -0.136. The third-order valence-corrected chi connectivity index (χ3v) is 13.0. The Balaban J connectivity index is 0.789. The van der Waals surface area contributed by atoms with Gasteiger partial charge < -0.3 is 35.6 Å². The van der Waals surface area contributed by atoms with Crippen molar-refractivity contribution in [2.75, 3.05) is 81.1 Å². The third-order valence-electron chi connectivity index (χ3n) is 13.0. The number of amides is 5. The van der Waals surface area contributed by atoms with Crippen LogP contribution in [0.15, 0.2) is 48.8 Å². The van der Waals surface area contributed by atoms with Gasteiger partial charge in [-0.2, -0.15) is 0 Å². The summed E-state index contributed by atoms with van der Waals surface area (Å²) in [4.78, 5) is 85.8. The molecule has 0 aliphatic carbocycles. The number of benzene rings is 1. The fourth-order valence-electron chi connectivity index (χ4n) is 9.39. The number of nitrogens with two attached hydrogens (primary N) is 1. The zero-order valence-electron chi connectivity index (χ0n) is 33.9. The minimum atomic E-state index is -0.648. The molecule has 0 saturated carbocycles. The fourth-order valence-corrected chi connectivity index (χ4v) is 9.39. The first-order valence-electron chi connectivity index (χ1n) is 21.2. The average molecular weight is 806 g/mol. The summed E-state index contributed by atoms with van der Waals surface area (Å²) in [6.07, 6.45) is 10.4. The highest BCUT2D eigenvalue weighted by Gasteiger charge is 2.35. The van der Waals surface area contributed by atoms with Crippen LogP contribution in [0.3, 0.4) is 0 Å². The summed E-state index contributed by atoms with van der Waals surface area (Å²) in [5, 5.41) is 5.63. The molecule has 5 amide bonds. The molecule has 8 rings (SSSR count). The van der Waals surface area contributed by atoms with E-state index in [1.165, 1.54) is 5.56 Å². The molecular weight excluding hydrogens is 751 g/mol. The van der Waals surface area contributed by atoms with Crippen molar-refractivity contribution in [2.24, 2.45) is 17.6 Å². The molecule has 7 heterocycles. The molecule has 0 spiro atoms. The van der Waals surface area contributed by atoms with Crippen LogP contribution in [0.1, 0.15) is 90.2 Å². The molecule has 5 aliphatic rings. The molecule has 5 saturated heterocycles. The van der Waals surface area contributed by atoms with E-state index in [1.807, 2.05) is 30.1 Å². The SMILES string of the molecule is CN1CCN([C@@H]2CCCN(c3cnc(C(N)=O)c(Nc4ccc(C5CCN(CC6CCN(c7ccc(C(=O)C[C@@H]8CCC(=O)NC8=O)nc7)CC6)CC5)cc4)n3)C2)C1=O. The molecular formula is C43H55N11O5. The maximum absolute atomic E-state index is 12.8. The first-order valence-corrected chi connectivity index (χ1v) is 21.2. The van der Waals surface area contributed by atoms with E-state index in [1.54, 1.807) is 23.4 Å². The summed E-state index contributed by atoms with van der Waals surface area (Å²) in [5.41, 5.74) is 9.27. The fraction of sp³-hybridized carbons (Fsp3) is 0.535. The summed E-state index contributed by atoms with van der Waals surface area (Å²) in [6, 6.07) is 12.3. The highest BCUT2D eigenvalue weighted by molar-refractivity contribution is 6.02. The lowest BCUT2D eigenvalue weighted by atomic mass is 9.88. The van der Waals surface area contributed by atoms with Crippen molar-refractivity contribution >= 4 is 52.5 Å². The zero-order valence-corrected chi connectivity index (χ0v) is 33.9. The van der Waals surface area contributed by atoms with Crippen LogP contribution in [0.5, 0.6) is 0 Å². The largest absolute Gasteiger partial charge is 0.370 e. The molecule has 0 radical (unpaired) electrons. The molecule has 1 aromatic carbocycles. The summed E-state index contributed by atoms with van der Waals surface area (Å²) < 4.78 is 0. The number of nitrogens with zero attached hydrogens (tertiary/aromatic N) is 8. The van der Waals surface area contributed by atoms with Gasteiger partial charge in [0.05, 0.1) is 24.1 Å². The van der Waals surface area contributed by atoms with Crippen LogP contribution in [0.2, 0.25) is 0 Å². The molecule has 16 nitrogen and oxygen atoms in total. The molecule has 59 heavy (non-hydrogen) atoms. The molecule has 3 aromatic rings. The number of piperidine rings is 4. The number of urea groups is 1. The van der Waals surface area contributed by atoms with E-state index in [4.69, 9.17) is 10.7 Å². The molecule has 0 unspecified atom stereocenters. The van der Waals surface area contributed by atoms with Gasteiger partial charge in [-0.05, 0) is 99.7 Å². The summed E-state index contributed by atoms with van der Waals surface area (Å²) in [7, 11) is 1.84. The van der Waals surface area contributed by atoms with Crippen LogP contribution in [0.4, 0.5) is 27.8 Å². The number of primary amides is 1. The highest BCUT2D eigenvalue weighted by Crippen LogP contribution is 2.32. The third kappa shape index (κ3) is 9.32. The maximum atomic E-state index is 12.8. The number of hydrogen-bond acceptors (Lipinski definition) is 12. The molecule has 5 aliphatic heterocycles. The van der Waals surface area contributed by atoms with Crippen LogP contribution in [-0.2, 0) is 9.59 Å². The predicted octanol–water partition coefficient (Wildman–Crippen LogP) is 3.77. The van der Waals surface area contributed by atoms with E-state index in [2.05, 4.69) is 47.4 Å². The van der Waals surface area contributed by atoms with Crippen LogP contribution < -0.4 is 26.2 Å². The standard InChI is InChI=1S/C43H55N11O5/c1-50-21-22-54(43(50)59)34-3-2-16-53(27-34)37-25-46-39(40(44)57)41(48-37)47-32-7-4-29(5-8-32)30-14-17-51(18-15-30)26-28-12-19-52(20-13-28)33-9-10-35(45-24-33)36(55)23-31-6-11-38(56)49-42(31)58/h4-5,7-10,24-25,28,30-31,34H,2-3,6,11-23,26-27H2,1H3,(H2,44,57)(H,47,48)(H,49,56,58)/t31-,34+/m0/s1. The van der Waals surface area contributed by atoms with E-state index in [9.17, 15) is 24.0 Å². The van der Waals surface area contributed by atoms with Gasteiger partial charge in [0.25, 0.3) is 5.91 Å². The molecule has 5 fully saturated rings. The molecule has 2 atom stereocenters. The van der Waals surface area contributed by atoms with Crippen molar-refractivity contribution in [3.05, 3.63) is 65.7 Å². The van der Waals surface area contributed by atoms with Crippen molar-refractivity contribution in [3.63, 3.8) is 0 Å². The Labute approximate surface area is 344 Å².